The highest BCUT2D eigenvalue weighted by molar-refractivity contribution is 5.98. The number of hydrogen-bond donors (Lipinski definition) is 2. The molecule has 2 amide bonds. The number of nitrogens with one attached hydrogen (secondary N) is 2. The Hall–Kier alpha value is -3.54. The van der Waals surface area contributed by atoms with Crippen LogP contribution in [0.2, 0.25) is 0 Å². The zero-order valence-corrected chi connectivity index (χ0v) is 14.1. The number of nitrogens with zero attached hydrogens (tertiary/aromatic N) is 2. The zero-order valence-electron chi connectivity index (χ0n) is 14.1. The Bertz CT molecular complexity index is 812. The second-order valence-corrected chi connectivity index (χ2v) is 5.64. The van der Waals surface area contributed by atoms with Crippen LogP contribution in [0.5, 0.6) is 0 Å². The van der Waals surface area contributed by atoms with Crippen molar-refractivity contribution in [3.63, 3.8) is 0 Å². The number of benzene rings is 1. The Morgan fingerprint density at radius 1 is 0.769 bits per heavy atom. The van der Waals surface area contributed by atoms with Gasteiger partial charge in [0.05, 0.1) is 0 Å². The molecule has 0 aliphatic heterocycles. The smallest absolute Gasteiger partial charge is 0.270 e. The van der Waals surface area contributed by atoms with Gasteiger partial charge in [-0.15, -0.1) is 0 Å². The molecule has 0 radical (unpaired) electrons. The topological polar surface area (TPSA) is 84.0 Å². The number of aromatic nitrogens is 2. The van der Waals surface area contributed by atoms with Crippen LogP contribution in [0.4, 0.5) is 0 Å². The first-order valence-corrected chi connectivity index (χ1v) is 8.17. The number of rotatable bonds is 6. The fourth-order valence-electron chi connectivity index (χ4n) is 2.35. The van der Waals surface area contributed by atoms with Gasteiger partial charge >= 0.3 is 0 Å². The molecule has 0 saturated carbocycles. The molecule has 130 valence electrons. The van der Waals surface area contributed by atoms with Gasteiger partial charge in [-0.3, -0.25) is 19.6 Å². The van der Waals surface area contributed by atoms with Crippen LogP contribution in [0, 0.1) is 0 Å². The first-order valence-electron chi connectivity index (χ1n) is 8.17. The van der Waals surface area contributed by atoms with Crippen LogP contribution in [-0.4, -0.2) is 21.8 Å². The van der Waals surface area contributed by atoms with E-state index in [1.165, 1.54) is 12.3 Å². The summed E-state index contributed by atoms with van der Waals surface area (Å²) in [5.41, 5.74) is 2.53. The minimum atomic E-state index is -0.322. The molecule has 0 bridgehead atoms. The van der Waals surface area contributed by atoms with Crippen molar-refractivity contribution in [1.29, 1.82) is 0 Å². The van der Waals surface area contributed by atoms with E-state index in [-0.39, 0.29) is 17.5 Å². The Labute approximate surface area is 151 Å². The van der Waals surface area contributed by atoms with Gasteiger partial charge in [-0.05, 0) is 35.4 Å². The van der Waals surface area contributed by atoms with E-state index in [9.17, 15) is 9.59 Å². The fraction of sp³-hybridized carbons (Fsp3) is 0.100. The maximum Gasteiger partial charge on any atom is 0.270 e. The second-order valence-electron chi connectivity index (χ2n) is 5.64. The van der Waals surface area contributed by atoms with Crippen LogP contribution in [-0.2, 0) is 13.1 Å². The van der Waals surface area contributed by atoms with Crippen molar-refractivity contribution in [3.05, 3.63) is 95.6 Å². The number of carbonyl (C=O) groups is 2. The third-order valence-electron chi connectivity index (χ3n) is 3.75. The van der Waals surface area contributed by atoms with Crippen molar-refractivity contribution in [3.8, 4) is 0 Å². The SMILES string of the molecule is O=C(NCc1ccncc1)c1ccnc(C(=O)NCc2ccccc2)c1. The molecule has 2 aromatic heterocycles. The van der Waals surface area contributed by atoms with Gasteiger partial charge in [-0.1, -0.05) is 30.3 Å². The second kappa shape index (κ2) is 8.53. The molecule has 0 spiro atoms. The van der Waals surface area contributed by atoms with Gasteiger partial charge in [0.2, 0.25) is 0 Å². The summed E-state index contributed by atoms with van der Waals surface area (Å²) in [6, 6.07) is 16.3. The van der Waals surface area contributed by atoms with Crippen molar-refractivity contribution >= 4 is 11.8 Å². The van der Waals surface area contributed by atoms with Crippen molar-refractivity contribution in [2.24, 2.45) is 0 Å². The van der Waals surface area contributed by atoms with Gasteiger partial charge in [0, 0.05) is 37.2 Å². The first-order chi connectivity index (χ1) is 12.7. The van der Waals surface area contributed by atoms with Crippen LogP contribution in [0.3, 0.4) is 0 Å². The average Bonchev–Trinajstić information content (AvgIpc) is 2.72. The van der Waals surface area contributed by atoms with Gasteiger partial charge in [-0.2, -0.15) is 0 Å². The first kappa shape index (κ1) is 17.3. The molecule has 0 aliphatic rings. The summed E-state index contributed by atoms with van der Waals surface area (Å²) in [5, 5.41) is 5.61. The van der Waals surface area contributed by atoms with Gasteiger partial charge < -0.3 is 10.6 Å². The molecule has 0 unspecified atom stereocenters. The van der Waals surface area contributed by atoms with Crippen LogP contribution >= 0.6 is 0 Å². The van der Waals surface area contributed by atoms with Gasteiger partial charge in [0.15, 0.2) is 0 Å². The average molecular weight is 346 g/mol. The maximum atomic E-state index is 12.3. The molecule has 6 nitrogen and oxygen atoms in total. The predicted octanol–water partition coefficient (Wildman–Crippen LogP) is 2.34. The molecule has 0 fully saturated rings. The summed E-state index contributed by atoms with van der Waals surface area (Å²) in [6.45, 7) is 0.791. The van der Waals surface area contributed by atoms with E-state index in [0.717, 1.165) is 11.1 Å². The van der Waals surface area contributed by atoms with Crippen molar-refractivity contribution in [2.75, 3.05) is 0 Å². The molecule has 3 rings (SSSR count). The molecular formula is C20H18N4O2. The fourth-order valence-corrected chi connectivity index (χ4v) is 2.35. The van der Waals surface area contributed by atoms with E-state index in [2.05, 4.69) is 20.6 Å². The highest BCUT2D eigenvalue weighted by Crippen LogP contribution is 2.04. The third-order valence-corrected chi connectivity index (χ3v) is 3.75. The Morgan fingerprint density at radius 3 is 2.15 bits per heavy atom. The lowest BCUT2D eigenvalue weighted by Gasteiger charge is -2.08. The summed E-state index contributed by atoms with van der Waals surface area (Å²) >= 11 is 0. The Morgan fingerprint density at radius 2 is 1.42 bits per heavy atom. The largest absolute Gasteiger partial charge is 0.348 e. The highest BCUT2D eigenvalue weighted by atomic mass is 16.2. The van der Waals surface area contributed by atoms with E-state index < -0.39 is 0 Å². The molecular weight excluding hydrogens is 328 g/mol. The summed E-state index contributed by atoms with van der Waals surface area (Å²) in [5.74, 6) is -0.584. The molecule has 3 aromatic rings. The van der Waals surface area contributed by atoms with E-state index in [1.807, 2.05) is 42.5 Å². The molecule has 2 heterocycles. The Kier molecular flexibility index (Phi) is 5.67. The minimum Gasteiger partial charge on any atom is -0.348 e. The van der Waals surface area contributed by atoms with Crippen molar-refractivity contribution < 1.29 is 9.59 Å². The van der Waals surface area contributed by atoms with Crippen molar-refractivity contribution in [2.45, 2.75) is 13.1 Å². The molecule has 2 N–H and O–H groups in total. The van der Waals surface area contributed by atoms with E-state index in [4.69, 9.17) is 0 Å². The van der Waals surface area contributed by atoms with E-state index in [1.54, 1.807) is 18.5 Å². The van der Waals surface area contributed by atoms with Gasteiger partial charge in [0.25, 0.3) is 11.8 Å². The highest BCUT2D eigenvalue weighted by Gasteiger charge is 2.11. The number of carbonyl (C=O) groups excluding carboxylic acids is 2. The van der Waals surface area contributed by atoms with Crippen LogP contribution < -0.4 is 10.6 Å². The maximum absolute atomic E-state index is 12.3. The van der Waals surface area contributed by atoms with Gasteiger partial charge in [0.1, 0.15) is 5.69 Å². The predicted molar refractivity (Wildman–Crippen MR) is 97.3 cm³/mol. The molecule has 1 aromatic carbocycles. The van der Waals surface area contributed by atoms with E-state index >= 15 is 0 Å². The lowest BCUT2D eigenvalue weighted by Crippen LogP contribution is -2.26. The molecule has 0 atom stereocenters. The normalized spacial score (nSPS) is 10.2. The molecule has 0 aliphatic carbocycles. The summed E-state index contributed by atoms with van der Waals surface area (Å²) in [7, 11) is 0. The zero-order chi connectivity index (χ0) is 18.2. The van der Waals surface area contributed by atoms with Crippen LogP contribution in [0.25, 0.3) is 0 Å². The number of amides is 2. The number of pyridine rings is 2. The summed E-state index contributed by atoms with van der Waals surface area (Å²) in [6.07, 6.45) is 4.80. The third kappa shape index (κ3) is 4.73. The van der Waals surface area contributed by atoms with Crippen LogP contribution in [0.15, 0.2) is 73.2 Å². The lowest BCUT2D eigenvalue weighted by atomic mass is 10.2. The monoisotopic (exact) mass is 346 g/mol. The van der Waals surface area contributed by atoms with Crippen molar-refractivity contribution in [1.82, 2.24) is 20.6 Å². The Balaban J connectivity index is 1.60. The standard InChI is InChI=1S/C20H18N4O2/c25-19(23-14-16-6-9-21-10-7-16)17-8-11-22-18(12-17)20(26)24-13-15-4-2-1-3-5-15/h1-12H,13-14H2,(H,23,25)(H,24,26). The van der Waals surface area contributed by atoms with Crippen LogP contribution in [0.1, 0.15) is 32.0 Å². The molecule has 6 heteroatoms. The van der Waals surface area contributed by atoms with Gasteiger partial charge in [-0.25, -0.2) is 0 Å². The summed E-state index contributed by atoms with van der Waals surface area (Å²) in [4.78, 5) is 32.5. The molecule has 0 saturated heterocycles. The quantitative estimate of drug-likeness (QED) is 0.717. The lowest BCUT2D eigenvalue weighted by molar-refractivity contribution is 0.0946. The molecule has 26 heavy (non-hydrogen) atoms. The summed E-state index contributed by atoms with van der Waals surface area (Å²) < 4.78 is 0. The van der Waals surface area contributed by atoms with E-state index in [0.29, 0.717) is 18.7 Å². The minimum absolute atomic E-state index is 0.206. The number of hydrogen-bond acceptors (Lipinski definition) is 4.